The number of carbonyl (C=O) groups is 2. The fourth-order valence-corrected chi connectivity index (χ4v) is 4.36. The summed E-state index contributed by atoms with van der Waals surface area (Å²) in [6.45, 7) is 0.177. The maximum atomic E-state index is 13.3. The average Bonchev–Trinajstić information content (AvgIpc) is 3.57. The zero-order valence-corrected chi connectivity index (χ0v) is 18.3. The Morgan fingerprint density at radius 1 is 1.03 bits per heavy atom. The maximum absolute atomic E-state index is 13.3. The van der Waals surface area contributed by atoms with Gasteiger partial charge in [-0.3, -0.25) is 9.78 Å². The van der Waals surface area contributed by atoms with Gasteiger partial charge in [-0.15, -0.1) is 13.2 Å². The van der Waals surface area contributed by atoms with Crippen molar-refractivity contribution >= 4 is 29.2 Å². The minimum atomic E-state index is -4.83. The van der Waals surface area contributed by atoms with E-state index in [1.165, 1.54) is 17.0 Å². The summed E-state index contributed by atoms with van der Waals surface area (Å²) in [5.74, 6) is -0.820. The van der Waals surface area contributed by atoms with Gasteiger partial charge in [-0.2, -0.15) is 0 Å². The number of halogens is 4. The van der Waals surface area contributed by atoms with Crippen molar-refractivity contribution in [3.05, 3.63) is 77.4 Å². The Bertz CT molecular complexity index is 1280. The van der Waals surface area contributed by atoms with Crippen LogP contribution in [0.4, 0.5) is 23.7 Å². The summed E-state index contributed by atoms with van der Waals surface area (Å²) in [5, 5.41) is 0.544. The fraction of sp³-hybridized carbons (Fsp3) is 0.208. The minimum absolute atomic E-state index is 0.177. The molecule has 2 fully saturated rings. The monoisotopic (exact) mass is 487 g/mol. The lowest BCUT2D eigenvalue weighted by atomic mass is 10.1. The average molecular weight is 488 g/mol. The number of pyridine rings is 1. The number of benzene rings is 2. The maximum Gasteiger partial charge on any atom is 0.573 e. The Morgan fingerprint density at radius 3 is 2.38 bits per heavy atom. The number of rotatable bonds is 5. The molecule has 1 saturated carbocycles. The van der Waals surface area contributed by atoms with E-state index in [0.29, 0.717) is 23.6 Å². The number of anilines is 1. The number of hydrogen-bond donors (Lipinski definition) is 0. The number of hydrogen-bond acceptors (Lipinski definition) is 4. The molecule has 1 aliphatic heterocycles. The molecular weight excluding hydrogens is 471 g/mol. The Balaban J connectivity index is 1.40. The molecule has 10 heteroatoms. The standard InChI is InChI=1S/C24H17ClF3N3O3/c25-19-4-2-1-3-18(19)20-13-15(9-12-29-20)14-30-22(33)31(21(32)23(30)10-11-23)16-5-7-17(8-6-16)34-24(26,27)28/h1-9,12-13H,10-11,14H2. The van der Waals surface area contributed by atoms with Crippen molar-refractivity contribution in [3.8, 4) is 17.0 Å². The van der Waals surface area contributed by atoms with Crippen LogP contribution in [0.2, 0.25) is 5.02 Å². The highest BCUT2D eigenvalue weighted by Gasteiger charge is 2.65. The molecule has 1 spiro atoms. The molecule has 1 saturated heterocycles. The molecule has 3 aromatic rings. The van der Waals surface area contributed by atoms with Gasteiger partial charge < -0.3 is 9.64 Å². The molecule has 174 valence electrons. The number of alkyl halides is 3. The predicted molar refractivity (Wildman–Crippen MR) is 118 cm³/mol. The number of amides is 3. The third-order valence-corrected chi connectivity index (χ3v) is 6.24. The van der Waals surface area contributed by atoms with E-state index in [-0.39, 0.29) is 18.1 Å². The molecule has 0 unspecified atom stereocenters. The first-order valence-corrected chi connectivity index (χ1v) is 10.8. The van der Waals surface area contributed by atoms with E-state index in [9.17, 15) is 22.8 Å². The van der Waals surface area contributed by atoms with Crippen molar-refractivity contribution in [2.45, 2.75) is 31.3 Å². The van der Waals surface area contributed by atoms with Crippen molar-refractivity contribution < 1.29 is 27.5 Å². The van der Waals surface area contributed by atoms with Crippen LogP contribution < -0.4 is 9.64 Å². The summed E-state index contributed by atoms with van der Waals surface area (Å²) in [5.41, 5.74) is 1.41. The Morgan fingerprint density at radius 2 is 1.74 bits per heavy atom. The first kappa shape index (κ1) is 22.2. The molecule has 1 aromatic heterocycles. The van der Waals surface area contributed by atoms with Gasteiger partial charge in [0.15, 0.2) is 0 Å². The molecule has 0 N–H and O–H groups in total. The largest absolute Gasteiger partial charge is 0.573 e. The summed E-state index contributed by atoms with van der Waals surface area (Å²) in [6.07, 6.45) is -2.17. The molecule has 2 aromatic carbocycles. The Hall–Kier alpha value is -3.59. The van der Waals surface area contributed by atoms with Crippen LogP contribution in [0.1, 0.15) is 18.4 Å². The second-order valence-electron chi connectivity index (χ2n) is 8.11. The molecule has 0 bridgehead atoms. The van der Waals surface area contributed by atoms with Crippen molar-refractivity contribution in [1.82, 2.24) is 9.88 Å². The lowest BCUT2D eigenvalue weighted by Gasteiger charge is -2.21. The number of nitrogens with zero attached hydrogens (tertiary/aromatic N) is 3. The molecule has 5 rings (SSSR count). The first-order chi connectivity index (χ1) is 16.2. The van der Waals surface area contributed by atoms with Crippen LogP contribution >= 0.6 is 11.6 Å². The number of aromatic nitrogens is 1. The van der Waals surface area contributed by atoms with Gasteiger partial charge in [0.25, 0.3) is 5.91 Å². The highest BCUT2D eigenvalue weighted by molar-refractivity contribution is 6.33. The van der Waals surface area contributed by atoms with Gasteiger partial charge >= 0.3 is 12.4 Å². The van der Waals surface area contributed by atoms with E-state index < -0.39 is 23.7 Å². The van der Waals surface area contributed by atoms with Crippen molar-refractivity contribution in [3.63, 3.8) is 0 Å². The molecule has 6 nitrogen and oxygen atoms in total. The number of imide groups is 1. The second-order valence-corrected chi connectivity index (χ2v) is 8.52. The second kappa shape index (κ2) is 8.02. The summed E-state index contributed by atoms with van der Waals surface area (Å²) >= 11 is 6.29. The van der Waals surface area contributed by atoms with Gasteiger partial charge in [0.05, 0.1) is 11.4 Å². The predicted octanol–water partition coefficient (Wildman–Crippen LogP) is 5.80. The highest BCUT2D eigenvalue weighted by Crippen LogP contribution is 2.50. The summed E-state index contributed by atoms with van der Waals surface area (Å²) in [4.78, 5) is 33.4. The smallest absolute Gasteiger partial charge is 0.406 e. The molecule has 2 aliphatic rings. The lowest BCUT2D eigenvalue weighted by Crippen LogP contribution is -2.36. The number of ether oxygens (including phenoxy) is 1. The quantitative estimate of drug-likeness (QED) is 0.427. The molecule has 34 heavy (non-hydrogen) atoms. The summed E-state index contributed by atoms with van der Waals surface area (Å²) in [7, 11) is 0. The Labute approximate surface area is 197 Å². The summed E-state index contributed by atoms with van der Waals surface area (Å²) in [6, 6.07) is 15.0. The third kappa shape index (κ3) is 3.96. The third-order valence-electron chi connectivity index (χ3n) is 5.91. The molecule has 0 atom stereocenters. The topological polar surface area (TPSA) is 62.7 Å². The molecular formula is C24H17ClF3N3O3. The zero-order valence-electron chi connectivity index (χ0n) is 17.6. The molecule has 2 heterocycles. The molecule has 0 radical (unpaired) electrons. The molecule has 3 amide bonds. The van der Waals surface area contributed by atoms with Gasteiger partial charge in [0.1, 0.15) is 11.3 Å². The van der Waals surface area contributed by atoms with Crippen LogP contribution in [0.5, 0.6) is 5.75 Å². The summed E-state index contributed by atoms with van der Waals surface area (Å²) < 4.78 is 41.2. The highest BCUT2D eigenvalue weighted by atomic mass is 35.5. The van der Waals surface area contributed by atoms with E-state index >= 15 is 0 Å². The van der Waals surface area contributed by atoms with E-state index in [2.05, 4.69) is 9.72 Å². The van der Waals surface area contributed by atoms with Crippen LogP contribution in [0.25, 0.3) is 11.3 Å². The number of carbonyl (C=O) groups excluding carboxylic acids is 2. The van der Waals surface area contributed by atoms with Gasteiger partial charge in [-0.1, -0.05) is 29.8 Å². The van der Waals surface area contributed by atoms with E-state index in [1.807, 2.05) is 24.3 Å². The van der Waals surface area contributed by atoms with Crippen LogP contribution in [0.3, 0.4) is 0 Å². The van der Waals surface area contributed by atoms with Gasteiger partial charge in [0.2, 0.25) is 0 Å². The van der Waals surface area contributed by atoms with Crippen LogP contribution in [0.15, 0.2) is 66.9 Å². The minimum Gasteiger partial charge on any atom is -0.406 e. The van der Waals surface area contributed by atoms with Crippen LogP contribution in [-0.2, 0) is 11.3 Å². The first-order valence-electron chi connectivity index (χ1n) is 10.4. The van der Waals surface area contributed by atoms with Crippen LogP contribution in [-0.4, -0.2) is 33.7 Å². The van der Waals surface area contributed by atoms with Crippen molar-refractivity contribution in [2.24, 2.45) is 0 Å². The number of urea groups is 1. The van der Waals surface area contributed by atoms with Crippen molar-refractivity contribution in [2.75, 3.05) is 4.90 Å². The fourth-order valence-electron chi connectivity index (χ4n) is 4.13. The SMILES string of the molecule is O=C1N(c2ccc(OC(F)(F)F)cc2)C(=O)C2(CC2)N1Cc1ccnc(-c2ccccc2Cl)c1. The van der Waals surface area contributed by atoms with Gasteiger partial charge in [0, 0.05) is 23.3 Å². The zero-order chi connectivity index (χ0) is 24.1. The van der Waals surface area contributed by atoms with Crippen molar-refractivity contribution in [1.29, 1.82) is 0 Å². The van der Waals surface area contributed by atoms with Crippen LogP contribution in [0, 0.1) is 0 Å². The lowest BCUT2D eigenvalue weighted by molar-refractivity contribution is -0.274. The van der Waals surface area contributed by atoms with Gasteiger partial charge in [-0.25, -0.2) is 9.69 Å². The normalized spacial score (nSPS) is 16.9. The van der Waals surface area contributed by atoms with E-state index in [0.717, 1.165) is 28.2 Å². The van der Waals surface area contributed by atoms with Gasteiger partial charge in [-0.05, 0) is 60.9 Å². The Kier molecular flexibility index (Phi) is 5.24. The molecule has 1 aliphatic carbocycles. The van der Waals surface area contributed by atoms with E-state index in [4.69, 9.17) is 11.6 Å². The van der Waals surface area contributed by atoms with E-state index in [1.54, 1.807) is 18.3 Å².